The normalized spacial score (nSPS) is 14.1. The predicted molar refractivity (Wildman–Crippen MR) is 93.3 cm³/mol. The van der Waals surface area contributed by atoms with Crippen molar-refractivity contribution in [1.82, 2.24) is 10.3 Å². The van der Waals surface area contributed by atoms with Gasteiger partial charge in [-0.2, -0.15) is 0 Å². The van der Waals surface area contributed by atoms with E-state index in [1.807, 2.05) is 31.2 Å². The minimum absolute atomic E-state index is 0.0264. The molecular formula is C19H24N2O3. The van der Waals surface area contributed by atoms with Crippen LogP contribution in [0.5, 0.6) is 0 Å². The maximum absolute atomic E-state index is 12.6. The average Bonchev–Trinajstić information content (AvgIpc) is 3.42. The minimum Gasteiger partial charge on any atom is -0.394 e. The van der Waals surface area contributed by atoms with Crippen molar-refractivity contribution >= 4 is 16.8 Å². The molecule has 1 amide bonds. The van der Waals surface area contributed by atoms with E-state index in [0.29, 0.717) is 31.2 Å². The maximum Gasteiger partial charge on any atom is 0.252 e. The number of aliphatic hydroxyl groups is 1. The molecule has 5 nitrogen and oxygen atoms in total. The number of pyridine rings is 1. The van der Waals surface area contributed by atoms with Crippen LogP contribution in [0.1, 0.15) is 46.8 Å². The Morgan fingerprint density at radius 2 is 2.17 bits per heavy atom. The van der Waals surface area contributed by atoms with Gasteiger partial charge in [0.1, 0.15) is 0 Å². The summed E-state index contributed by atoms with van der Waals surface area (Å²) in [6.07, 6.45) is 3.05. The molecule has 1 aliphatic rings. The van der Waals surface area contributed by atoms with Crippen LogP contribution in [0.15, 0.2) is 24.3 Å². The van der Waals surface area contributed by atoms with Gasteiger partial charge in [-0.15, -0.1) is 0 Å². The second-order valence-corrected chi connectivity index (χ2v) is 6.33. The molecule has 0 radical (unpaired) electrons. The predicted octanol–water partition coefficient (Wildman–Crippen LogP) is 2.55. The Balaban J connectivity index is 1.74. The van der Waals surface area contributed by atoms with Gasteiger partial charge in [-0.1, -0.05) is 11.6 Å². The fourth-order valence-corrected chi connectivity index (χ4v) is 2.77. The number of rotatable bonds is 8. The van der Waals surface area contributed by atoms with E-state index in [-0.39, 0.29) is 12.5 Å². The highest BCUT2D eigenvalue weighted by molar-refractivity contribution is 6.06. The molecular weight excluding hydrogens is 304 g/mol. The van der Waals surface area contributed by atoms with Gasteiger partial charge in [0.05, 0.1) is 24.3 Å². The first-order valence-electron chi connectivity index (χ1n) is 8.57. The molecule has 1 aromatic heterocycles. The highest BCUT2D eigenvalue weighted by Crippen LogP contribution is 2.40. The van der Waals surface area contributed by atoms with Crippen LogP contribution in [-0.2, 0) is 4.74 Å². The zero-order valence-electron chi connectivity index (χ0n) is 14.0. The van der Waals surface area contributed by atoms with Gasteiger partial charge >= 0.3 is 0 Å². The Bertz CT molecular complexity index is 726. The van der Waals surface area contributed by atoms with Crippen LogP contribution < -0.4 is 5.32 Å². The number of nitrogens with zero attached hydrogens (tertiary/aromatic N) is 1. The van der Waals surface area contributed by atoms with Crippen LogP contribution in [0, 0.1) is 6.92 Å². The summed E-state index contributed by atoms with van der Waals surface area (Å²) in [5, 5.41) is 12.5. The van der Waals surface area contributed by atoms with E-state index in [9.17, 15) is 4.79 Å². The number of carbonyl (C=O) groups excluding carboxylic acids is 1. The lowest BCUT2D eigenvalue weighted by atomic mass is 10.0. The van der Waals surface area contributed by atoms with Crippen LogP contribution in [0.4, 0.5) is 0 Å². The number of fused-ring (bicyclic) bond motifs is 1. The minimum atomic E-state index is -0.0583. The number of aryl methyl sites for hydroxylation is 1. The zero-order valence-corrected chi connectivity index (χ0v) is 14.0. The number of aliphatic hydroxyl groups excluding tert-OH is 1. The van der Waals surface area contributed by atoms with Crippen LogP contribution in [-0.4, -0.2) is 42.4 Å². The first-order valence-corrected chi connectivity index (χ1v) is 8.57. The molecule has 2 N–H and O–H groups in total. The summed E-state index contributed by atoms with van der Waals surface area (Å²) in [6.45, 7) is 3.48. The van der Waals surface area contributed by atoms with Crippen molar-refractivity contribution in [2.24, 2.45) is 0 Å². The lowest BCUT2D eigenvalue weighted by Crippen LogP contribution is -2.26. The van der Waals surface area contributed by atoms with Crippen LogP contribution >= 0.6 is 0 Å². The highest BCUT2D eigenvalue weighted by atomic mass is 16.5. The fourth-order valence-electron chi connectivity index (χ4n) is 2.77. The summed E-state index contributed by atoms with van der Waals surface area (Å²) >= 11 is 0. The summed E-state index contributed by atoms with van der Waals surface area (Å²) in [6, 6.07) is 8.01. The number of benzene rings is 1. The van der Waals surface area contributed by atoms with Crippen molar-refractivity contribution in [3.05, 3.63) is 41.1 Å². The van der Waals surface area contributed by atoms with Crippen molar-refractivity contribution in [3.63, 3.8) is 0 Å². The average molecular weight is 328 g/mol. The molecule has 1 fully saturated rings. The Kier molecular flexibility index (Phi) is 5.43. The van der Waals surface area contributed by atoms with Crippen LogP contribution in [0.25, 0.3) is 10.9 Å². The number of nitrogens with one attached hydrogen (secondary N) is 1. The molecule has 2 aromatic rings. The second kappa shape index (κ2) is 7.73. The van der Waals surface area contributed by atoms with Crippen molar-refractivity contribution in [2.45, 2.75) is 32.1 Å². The molecule has 1 aliphatic carbocycles. The molecule has 24 heavy (non-hydrogen) atoms. The largest absolute Gasteiger partial charge is 0.394 e. The molecule has 0 saturated heterocycles. The smallest absolute Gasteiger partial charge is 0.252 e. The Morgan fingerprint density at radius 1 is 1.33 bits per heavy atom. The summed E-state index contributed by atoms with van der Waals surface area (Å²) < 4.78 is 5.20. The van der Waals surface area contributed by atoms with E-state index in [4.69, 9.17) is 14.8 Å². The molecule has 128 valence electrons. The quantitative estimate of drug-likeness (QED) is 0.731. The number of aromatic nitrogens is 1. The topological polar surface area (TPSA) is 71.5 Å². The van der Waals surface area contributed by atoms with Crippen LogP contribution in [0.2, 0.25) is 0 Å². The van der Waals surface area contributed by atoms with Crippen molar-refractivity contribution in [1.29, 1.82) is 0 Å². The molecule has 0 aliphatic heterocycles. The summed E-state index contributed by atoms with van der Waals surface area (Å²) in [5.41, 5.74) is 3.75. The van der Waals surface area contributed by atoms with Gasteiger partial charge in [-0.3, -0.25) is 9.78 Å². The second-order valence-electron chi connectivity index (χ2n) is 6.33. The van der Waals surface area contributed by atoms with E-state index < -0.39 is 0 Å². The highest BCUT2D eigenvalue weighted by Gasteiger charge is 2.26. The van der Waals surface area contributed by atoms with Gasteiger partial charge in [0.25, 0.3) is 5.91 Å². The summed E-state index contributed by atoms with van der Waals surface area (Å²) in [4.78, 5) is 17.4. The van der Waals surface area contributed by atoms with Gasteiger partial charge in [0, 0.05) is 30.1 Å². The lowest BCUT2D eigenvalue weighted by molar-refractivity contribution is 0.0868. The lowest BCUT2D eigenvalue weighted by Gasteiger charge is -2.11. The monoisotopic (exact) mass is 328 g/mol. The maximum atomic E-state index is 12.6. The van der Waals surface area contributed by atoms with Crippen LogP contribution in [0.3, 0.4) is 0 Å². The zero-order chi connectivity index (χ0) is 16.9. The third-order valence-corrected chi connectivity index (χ3v) is 4.21. The van der Waals surface area contributed by atoms with E-state index in [2.05, 4.69) is 5.32 Å². The summed E-state index contributed by atoms with van der Waals surface area (Å²) in [7, 11) is 0. The Morgan fingerprint density at radius 3 is 2.92 bits per heavy atom. The van der Waals surface area contributed by atoms with Crippen molar-refractivity contribution < 1.29 is 14.6 Å². The first-order chi connectivity index (χ1) is 11.7. The van der Waals surface area contributed by atoms with E-state index in [0.717, 1.165) is 41.4 Å². The van der Waals surface area contributed by atoms with Crippen molar-refractivity contribution in [2.75, 3.05) is 26.4 Å². The SMILES string of the molecule is Cc1ccc2nc(C3CC3)cc(C(=O)NCCCOCCO)c2c1. The molecule has 1 heterocycles. The number of carbonyl (C=O) groups is 1. The van der Waals surface area contributed by atoms with Gasteiger partial charge in [-0.25, -0.2) is 0 Å². The molecule has 0 atom stereocenters. The molecule has 0 spiro atoms. The molecule has 5 heteroatoms. The van der Waals surface area contributed by atoms with E-state index in [1.54, 1.807) is 0 Å². The van der Waals surface area contributed by atoms with Gasteiger partial charge < -0.3 is 15.2 Å². The van der Waals surface area contributed by atoms with Gasteiger partial charge in [0.15, 0.2) is 0 Å². The Hall–Kier alpha value is -1.98. The van der Waals surface area contributed by atoms with Gasteiger partial charge in [-0.05, 0) is 44.4 Å². The molecule has 0 bridgehead atoms. The molecule has 1 aromatic carbocycles. The van der Waals surface area contributed by atoms with E-state index >= 15 is 0 Å². The number of ether oxygens (including phenoxy) is 1. The molecule has 1 saturated carbocycles. The standard InChI is InChI=1S/C19H24N2O3/c1-13-3-6-17-15(11-13)16(12-18(21-17)14-4-5-14)19(23)20-7-2-9-24-10-8-22/h3,6,11-12,14,22H,2,4-5,7-10H2,1H3,(H,20,23). The van der Waals surface area contributed by atoms with E-state index in [1.165, 1.54) is 0 Å². The van der Waals surface area contributed by atoms with Crippen molar-refractivity contribution in [3.8, 4) is 0 Å². The molecule has 0 unspecified atom stereocenters. The number of hydrogen-bond donors (Lipinski definition) is 2. The summed E-state index contributed by atoms with van der Waals surface area (Å²) in [5.74, 6) is 0.450. The third-order valence-electron chi connectivity index (χ3n) is 4.21. The third kappa shape index (κ3) is 4.10. The molecule has 3 rings (SSSR count). The first kappa shape index (κ1) is 16.9. The number of amides is 1. The Labute approximate surface area is 142 Å². The fraction of sp³-hybridized carbons (Fsp3) is 0.474. The van der Waals surface area contributed by atoms with Gasteiger partial charge in [0.2, 0.25) is 0 Å². The number of hydrogen-bond acceptors (Lipinski definition) is 4.